The van der Waals surface area contributed by atoms with E-state index in [1.165, 1.54) is 6.42 Å². The fraction of sp³-hybridized carbons (Fsp3) is 0.440. The number of nitrogens with one attached hydrogen (secondary N) is 1. The zero-order chi connectivity index (χ0) is 21.7. The number of hydrogen-bond acceptors (Lipinski definition) is 3. The number of likely N-dealkylation sites (tertiary alicyclic amines) is 1. The molecule has 1 aliphatic heterocycles. The number of anilines is 1. The van der Waals surface area contributed by atoms with E-state index in [1.807, 2.05) is 30.0 Å². The van der Waals surface area contributed by atoms with Gasteiger partial charge >= 0.3 is 0 Å². The maximum absolute atomic E-state index is 12.7. The summed E-state index contributed by atoms with van der Waals surface area (Å²) in [5, 5.41) is 3.03. The number of rotatable bonds is 6. The third-order valence-corrected chi connectivity index (χ3v) is 5.94. The average molecular weight is 409 g/mol. The lowest BCUT2D eigenvalue weighted by Gasteiger charge is -2.38. The number of benzene rings is 2. The zero-order valence-electron chi connectivity index (χ0n) is 18.4. The van der Waals surface area contributed by atoms with Gasteiger partial charge in [0, 0.05) is 23.3 Å². The van der Waals surface area contributed by atoms with Gasteiger partial charge in [0.15, 0.2) is 6.61 Å². The monoisotopic (exact) mass is 408 g/mol. The molecule has 0 radical (unpaired) electrons. The molecule has 2 aromatic rings. The van der Waals surface area contributed by atoms with Crippen LogP contribution in [0.5, 0.6) is 5.75 Å². The Morgan fingerprint density at radius 2 is 1.73 bits per heavy atom. The minimum atomic E-state index is -0.155. The van der Waals surface area contributed by atoms with Gasteiger partial charge in [0.25, 0.3) is 11.8 Å². The maximum atomic E-state index is 12.7. The summed E-state index contributed by atoms with van der Waals surface area (Å²) >= 11 is 0. The van der Waals surface area contributed by atoms with E-state index in [1.54, 1.807) is 24.3 Å². The summed E-state index contributed by atoms with van der Waals surface area (Å²) in [6.07, 6.45) is 4.10. The summed E-state index contributed by atoms with van der Waals surface area (Å²) in [6, 6.07) is 13.5. The van der Waals surface area contributed by atoms with Crippen molar-refractivity contribution in [1.29, 1.82) is 0 Å². The van der Waals surface area contributed by atoms with Crippen molar-refractivity contribution in [3.63, 3.8) is 0 Å². The van der Waals surface area contributed by atoms with Crippen molar-refractivity contribution in [3.05, 3.63) is 59.2 Å². The molecule has 30 heavy (non-hydrogen) atoms. The van der Waals surface area contributed by atoms with Crippen molar-refractivity contribution in [2.75, 3.05) is 11.9 Å². The maximum Gasteiger partial charge on any atom is 0.260 e. The number of piperidine rings is 1. The topological polar surface area (TPSA) is 58.6 Å². The Labute approximate surface area is 179 Å². The minimum Gasteiger partial charge on any atom is -0.484 e. The number of para-hydroxylation sites is 1. The molecule has 5 nitrogen and oxygen atoms in total. The second kappa shape index (κ2) is 9.79. The number of aryl methyl sites for hydroxylation is 2. The third-order valence-electron chi connectivity index (χ3n) is 5.94. The lowest BCUT2D eigenvalue weighted by molar-refractivity contribution is -0.139. The molecule has 0 spiro atoms. The minimum absolute atomic E-state index is 0.0168. The Morgan fingerprint density at radius 1 is 1.07 bits per heavy atom. The summed E-state index contributed by atoms with van der Waals surface area (Å²) in [7, 11) is 0. The van der Waals surface area contributed by atoms with Crippen LogP contribution in [0.15, 0.2) is 42.5 Å². The van der Waals surface area contributed by atoms with E-state index >= 15 is 0 Å². The normalized spacial score (nSPS) is 18.7. The largest absolute Gasteiger partial charge is 0.484 e. The van der Waals surface area contributed by atoms with E-state index in [-0.39, 0.29) is 30.5 Å². The number of carbonyl (C=O) groups excluding carboxylic acids is 2. The molecule has 1 aliphatic rings. The molecule has 2 amide bonds. The van der Waals surface area contributed by atoms with Crippen LogP contribution in [0.4, 0.5) is 5.69 Å². The van der Waals surface area contributed by atoms with Crippen molar-refractivity contribution >= 4 is 17.5 Å². The summed E-state index contributed by atoms with van der Waals surface area (Å²) in [5.41, 5.74) is 3.59. The van der Waals surface area contributed by atoms with Crippen molar-refractivity contribution in [1.82, 2.24) is 4.90 Å². The summed E-state index contributed by atoms with van der Waals surface area (Å²) < 4.78 is 5.70. The molecule has 0 aliphatic carbocycles. The molecule has 1 fully saturated rings. The predicted octanol–water partition coefficient (Wildman–Crippen LogP) is 4.98. The van der Waals surface area contributed by atoms with E-state index < -0.39 is 0 Å². The third kappa shape index (κ3) is 5.02. The first-order valence-corrected chi connectivity index (χ1v) is 10.8. The molecular formula is C25H32N2O3. The molecule has 2 aromatic carbocycles. The fourth-order valence-electron chi connectivity index (χ4n) is 4.22. The summed E-state index contributed by atoms with van der Waals surface area (Å²) in [4.78, 5) is 27.2. The van der Waals surface area contributed by atoms with Crippen LogP contribution in [0.25, 0.3) is 0 Å². The molecule has 0 bridgehead atoms. The van der Waals surface area contributed by atoms with E-state index in [2.05, 4.69) is 26.1 Å². The van der Waals surface area contributed by atoms with Crippen LogP contribution in [-0.2, 0) is 11.2 Å². The molecule has 0 aromatic heterocycles. The van der Waals surface area contributed by atoms with Crippen LogP contribution in [0.1, 0.15) is 61.5 Å². The van der Waals surface area contributed by atoms with Gasteiger partial charge in [-0.15, -0.1) is 0 Å². The molecule has 160 valence electrons. The van der Waals surface area contributed by atoms with E-state index in [0.29, 0.717) is 11.3 Å². The molecular weight excluding hydrogens is 376 g/mol. The van der Waals surface area contributed by atoms with Gasteiger partial charge < -0.3 is 15.0 Å². The van der Waals surface area contributed by atoms with Gasteiger partial charge in [-0.25, -0.2) is 0 Å². The van der Waals surface area contributed by atoms with Gasteiger partial charge in [0.05, 0.1) is 0 Å². The Kier molecular flexibility index (Phi) is 7.14. The number of ether oxygens (including phenoxy) is 1. The van der Waals surface area contributed by atoms with E-state index in [0.717, 1.165) is 36.1 Å². The van der Waals surface area contributed by atoms with Gasteiger partial charge in [-0.05, 0) is 81.8 Å². The van der Waals surface area contributed by atoms with Gasteiger partial charge in [0.1, 0.15) is 5.75 Å². The predicted molar refractivity (Wildman–Crippen MR) is 120 cm³/mol. The Balaban J connectivity index is 1.60. The van der Waals surface area contributed by atoms with Crippen LogP contribution in [0.2, 0.25) is 0 Å². The first kappa shape index (κ1) is 21.9. The van der Waals surface area contributed by atoms with Gasteiger partial charge in [-0.3, -0.25) is 9.59 Å². The van der Waals surface area contributed by atoms with Crippen LogP contribution >= 0.6 is 0 Å². The van der Waals surface area contributed by atoms with Crippen LogP contribution in [0.3, 0.4) is 0 Å². The van der Waals surface area contributed by atoms with E-state index in [4.69, 9.17) is 4.74 Å². The summed E-state index contributed by atoms with van der Waals surface area (Å²) in [6.45, 7) is 8.28. The van der Waals surface area contributed by atoms with Crippen molar-refractivity contribution < 1.29 is 14.3 Å². The highest BCUT2D eigenvalue weighted by atomic mass is 16.5. The van der Waals surface area contributed by atoms with Gasteiger partial charge in [-0.1, -0.05) is 25.1 Å². The Bertz CT molecular complexity index is 882. The first-order chi connectivity index (χ1) is 14.4. The summed E-state index contributed by atoms with van der Waals surface area (Å²) in [5.74, 6) is 0.447. The Hall–Kier alpha value is -2.82. The molecule has 2 atom stereocenters. The van der Waals surface area contributed by atoms with Crippen LogP contribution < -0.4 is 10.1 Å². The molecule has 0 saturated carbocycles. The lowest BCUT2D eigenvalue weighted by atomic mass is 9.97. The molecule has 1 N–H and O–H groups in total. The van der Waals surface area contributed by atoms with Crippen LogP contribution in [-0.4, -0.2) is 35.4 Å². The lowest BCUT2D eigenvalue weighted by Crippen LogP contribution is -2.49. The number of amides is 2. The highest BCUT2D eigenvalue weighted by Gasteiger charge is 2.29. The standard InChI is InChI=1S/C25H32N2O3/c1-5-20-11-6-8-17(2)24(20)26-25(29)21-12-14-22(15-13-21)30-16-23(28)27-18(3)9-7-10-19(27)4/h6,8,11-15,18-19H,5,7,9-10,16H2,1-4H3,(H,26,29). The molecule has 1 heterocycles. The SMILES string of the molecule is CCc1cccc(C)c1NC(=O)c1ccc(OCC(=O)N2C(C)CCCC2C)cc1. The number of hydrogen-bond donors (Lipinski definition) is 1. The second-order valence-corrected chi connectivity index (χ2v) is 8.16. The van der Waals surface area contributed by atoms with Gasteiger partial charge in [0.2, 0.25) is 0 Å². The molecule has 1 saturated heterocycles. The van der Waals surface area contributed by atoms with Crippen molar-refractivity contribution in [2.45, 2.75) is 65.5 Å². The smallest absolute Gasteiger partial charge is 0.260 e. The van der Waals surface area contributed by atoms with Gasteiger partial charge in [-0.2, -0.15) is 0 Å². The second-order valence-electron chi connectivity index (χ2n) is 8.16. The molecule has 3 rings (SSSR count). The number of nitrogens with zero attached hydrogens (tertiary/aromatic N) is 1. The highest BCUT2D eigenvalue weighted by Crippen LogP contribution is 2.24. The number of carbonyl (C=O) groups is 2. The fourth-order valence-corrected chi connectivity index (χ4v) is 4.22. The van der Waals surface area contributed by atoms with E-state index in [9.17, 15) is 9.59 Å². The van der Waals surface area contributed by atoms with Crippen molar-refractivity contribution in [2.24, 2.45) is 0 Å². The first-order valence-electron chi connectivity index (χ1n) is 10.8. The average Bonchev–Trinajstić information content (AvgIpc) is 2.74. The molecule has 5 heteroatoms. The zero-order valence-corrected chi connectivity index (χ0v) is 18.4. The highest BCUT2D eigenvalue weighted by molar-refractivity contribution is 6.05. The Morgan fingerprint density at radius 3 is 2.37 bits per heavy atom. The van der Waals surface area contributed by atoms with Crippen LogP contribution in [0, 0.1) is 6.92 Å². The molecule has 2 unspecified atom stereocenters. The quantitative estimate of drug-likeness (QED) is 0.733. The van der Waals surface area contributed by atoms with Crippen molar-refractivity contribution in [3.8, 4) is 5.75 Å².